The summed E-state index contributed by atoms with van der Waals surface area (Å²) in [6, 6.07) is -1.03. The minimum atomic E-state index is -1.43. The van der Waals surface area contributed by atoms with Crippen LogP contribution in [0.1, 0.15) is 132 Å². The van der Waals surface area contributed by atoms with Gasteiger partial charge in [0, 0.05) is 46.1 Å². The first kappa shape index (κ1) is 54.3. The van der Waals surface area contributed by atoms with E-state index < -0.39 is 65.5 Å². The number of aliphatic hydroxyl groups is 2. The molecule has 3 unspecified atom stereocenters. The monoisotopic (exact) mass is 911 g/mol. The predicted octanol–water partition coefficient (Wildman–Crippen LogP) is 6.81. The van der Waals surface area contributed by atoms with Crippen molar-refractivity contribution in [3.63, 3.8) is 0 Å². The van der Waals surface area contributed by atoms with Crippen molar-refractivity contribution >= 4 is 29.2 Å². The van der Waals surface area contributed by atoms with Crippen LogP contribution >= 0.6 is 0 Å². The molecule has 2 aliphatic carbocycles. The fraction of sp³-hybridized carbons (Fsp3) is 0.750. The summed E-state index contributed by atoms with van der Waals surface area (Å²) < 4.78 is 23.4. The highest BCUT2D eigenvalue weighted by Gasteiger charge is 2.50. The van der Waals surface area contributed by atoms with Crippen LogP contribution in [0.4, 0.5) is 0 Å². The van der Waals surface area contributed by atoms with Crippen molar-refractivity contribution in [1.29, 1.82) is 0 Å². The first-order valence-corrected chi connectivity index (χ1v) is 24.3. The van der Waals surface area contributed by atoms with E-state index in [1.807, 2.05) is 65.0 Å². The number of hydrogen-bond donors (Lipinski definition) is 3. The van der Waals surface area contributed by atoms with Gasteiger partial charge in [-0.1, -0.05) is 71.1 Å². The second-order valence-corrected chi connectivity index (χ2v) is 20.3. The van der Waals surface area contributed by atoms with Crippen molar-refractivity contribution in [2.24, 2.45) is 47.2 Å². The van der Waals surface area contributed by atoms with E-state index >= 15 is 0 Å². The standard InChI is InChI=1S/C52H82N2O11/c1-31-16-12-11-13-17-32(2)43(62-8)28-39-20-19-37(7)52(53,30-39)49(59)50(60)54-23-15-14-18-40(54)51(61)65-44(34(4)26-38-21-22-41(55)45(27-38)63-9)29-42(56)33(3)25-36(6)47(58)48(64-10)46(57)35(5)24-31/h11-13,16-17,25,31,34-41,43-45,47-48,55,58H,14-15,18-24,26-30,53H2,1-10H3/t31-,34-,35-,36?,37-,38+,39+,40+,41-,43+,44?,45-,47-,48+,52?/m1/s1. The summed E-state index contributed by atoms with van der Waals surface area (Å²) in [6.07, 6.45) is 14.0. The Hall–Kier alpha value is -3.33. The van der Waals surface area contributed by atoms with E-state index in [-0.39, 0.29) is 66.3 Å². The molecule has 0 aromatic heterocycles. The van der Waals surface area contributed by atoms with Crippen molar-refractivity contribution in [1.82, 2.24) is 4.90 Å². The Balaban J connectivity index is 1.70. The number of fused-ring (bicyclic) bond motifs is 3. The number of hydrogen-bond acceptors (Lipinski definition) is 12. The average molecular weight is 911 g/mol. The molecule has 0 radical (unpaired) electrons. The molecule has 0 spiro atoms. The number of ether oxygens (including phenoxy) is 4. The number of nitrogens with zero attached hydrogens (tertiary/aromatic N) is 1. The molecule has 1 saturated heterocycles. The topological polar surface area (TPSA) is 192 Å². The van der Waals surface area contributed by atoms with Gasteiger partial charge in [0.25, 0.3) is 5.91 Å². The van der Waals surface area contributed by atoms with Gasteiger partial charge in [-0.15, -0.1) is 0 Å². The smallest absolute Gasteiger partial charge is 0.329 e. The first-order chi connectivity index (χ1) is 30.7. The highest BCUT2D eigenvalue weighted by molar-refractivity contribution is 6.40. The second kappa shape index (κ2) is 25.2. The maximum Gasteiger partial charge on any atom is 0.329 e. The number of carbonyl (C=O) groups is 5. The maximum absolute atomic E-state index is 14.4. The number of piperidine rings is 1. The number of esters is 1. The van der Waals surface area contributed by atoms with E-state index in [4.69, 9.17) is 24.7 Å². The highest BCUT2D eigenvalue weighted by Crippen LogP contribution is 2.40. The molecule has 0 aromatic rings. The molecule has 13 nitrogen and oxygen atoms in total. The van der Waals surface area contributed by atoms with Crippen LogP contribution in [0.25, 0.3) is 0 Å². The number of methoxy groups -OCH3 is 3. The van der Waals surface area contributed by atoms with E-state index in [1.165, 1.54) is 12.0 Å². The van der Waals surface area contributed by atoms with E-state index in [9.17, 15) is 34.2 Å². The number of Topliss-reactive ketones (excluding diaryl/α,β-unsaturated/α-hetero) is 3. The summed E-state index contributed by atoms with van der Waals surface area (Å²) in [5, 5.41) is 22.0. The summed E-state index contributed by atoms with van der Waals surface area (Å²) in [5.41, 5.74) is 6.94. The number of cyclic esters (lactones) is 1. The molecular weight excluding hydrogens is 829 g/mol. The Morgan fingerprint density at radius 3 is 2.28 bits per heavy atom. The predicted molar refractivity (Wildman–Crippen MR) is 250 cm³/mol. The molecule has 4 aliphatic rings. The van der Waals surface area contributed by atoms with Crippen LogP contribution in [0, 0.1) is 41.4 Å². The summed E-state index contributed by atoms with van der Waals surface area (Å²) in [5.74, 6) is -4.08. The molecule has 2 aliphatic heterocycles. The van der Waals surface area contributed by atoms with E-state index in [2.05, 4.69) is 0 Å². The van der Waals surface area contributed by atoms with Gasteiger partial charge in [0.1, 0.15) is 18.2 Å². The Morgan fingerprint density at radius 2 is 1.60 bits per heavy atom. The van der Waals surface area contributed by atoms with Crippen LogP contribution < -0.4 is 5.73 Å². The first-order valence-electron chi connectivity index (χ1n) is 24.3. The van der Waals surface area contributed by atoms with Gasteiger partial charge >= 0.3 is 5.97 Å². The minimum absolute atomic E-state index is 0.0134. The Kier molecular flexibility index (Phi) is 21.0. The molecular formula is C52H82N2O11. The lowest BCUT2D eigenvalue weighted by Gasteiger charge is -2.44. The number of carbonyl (C=O) groups excluding carboxylic acids is 5. The lowest BCUT2D eigenvalue weighted by molar-refractivity contribution is -0.166. The van der Waals surface area contributed by atoms with Gasteiger partial charge in [0.2, 0.25) is 5.78 Å². The number of amides is 1. The number of allylic oxidation sites excluding steroid dienone is 6. The summed E-state index contributed by atoms with van der Waals surface area (Å²) in [7, 11) is 4.64. The van der Waals surface area contributed by atoms with Crippen molar-refractivity contribution < 1.29 is 53.1 Å². The fourth-order valence-corrected chi connectivity index (χ4v) is 10.8. The lowest BCUT2D eigenvalue weighted by Crippen LogP contribution is -2.63. The molecule has 3 fully saturated rings. The lowest BCUT2D eigenvalue weighted by atomic mass is 9.66. The molecule has 2 saturated carbocycles. The van der Waals surface area contributed by atoms with E-state index in [1.54, 1.807) is 34.1 Å². The SMILES string of the molecule is CO[C@H]1C[C@@H]2CC[C@@H](C)C(N)(C2)C(=O)C(=O)N2CCCC[C@H]2C(=O)OC([C@H](C)C[C@@H]2CC[C@@H](O)[C@H](OC)C2)CC(=O)C(C)=CC(C)[C@@H](O)[C@@H](OC)C(=O)[C@H](C)C[C@H](C)C=CC=CC=C1C. The van der Waals surface area contributed by atoms with Gasteiger partial charge in [-0.2, -0.15) is 0 Å². The molecule has 2 bridgehead atoms. The third-order valence-corrected chi connectivity index (χ3v) is 15.2. The van der Waals surface area contributed by atoms with Crippen molar-refractivity contribution in [2.75, 3.05) is 27.9 Å². The molecule has 1 amide bonds. The zero-order valence-corrected chi connectivity index (χ0v) is 41.0. The van der Waals surface area contributed by atoms with Gasteiger partial charge in [-0.3, -0.25) is 19.2 Å². The van der Waals surface area contributed by atoms with Gasteiger partial charge in [0.15, 0.2) is 11.6 Å². The molecule has 4 N–H and O–H groups in total. The zero-order valence-electron chi connectivity index (χ0n) is 41.0. The summed E-state index contributed by atoms with van der Waals surface area (Å²) in [4.78, 5) is 72.4. The maximum atomic E-state index is 14.4. The van der Waals surface area contributed by atoms with Gasteiger partial charge in [-0.05, 0) is 132 Å². The summed E-state index contributed by atoms with van der Waals surface area (Å²) in [6.45, 7) is 13.3. The largest absolute Gasteiger partial charge is 0.460 e. The molecule has 366 valence electrons. The van der Waals surface area contributed by atoms with Gasteiger partial charge < -0.3 is 39.8 Å². The van der Waals surface area contributed by atoms with Gasteiger partial charge in [-0.25, -0.2) is 4.79 Å². The molecule has 15 atom stereocenters. The summed E-state index contributed by atoms with van der Waals surface area (Å²) >= 11 is 0. The van der Waals surface area contributed by atoms with Crippen molar-refractivity contribution in [2.45, 2.75) is 180 Å². The molecule has 65 heavy (non-hydrogen) atoms. The Labute approximate surface area is 389 Å². The molecule has 4 rings (SSSR count). The van der Waals surface area contributed by atoms with E-state index in [0.29, 0.717) is 69.8 Å². The quantitative estimate of drug-likeness (QED) is 0.187. The van der Waals surface area contributed by atoms with Crippen LogP contribution in [0.3, 0.4) is 0 Å². The number of aliphatic hydroxyl groups excluding tert-OH is 2. The number of ketones is 3. The zero-order chi connectivity index (χ0) is 48.2. The molecule has 0 aromatic carbocycles. The normalized spacial score (nSPS) is 37.8. The fourth-order valence-electron chi connectivity index (χ4n) is 10.8. The van der Waals surface area contributed by atoms with Crippen LogP contribution in [-0.2, 0) is 42.9 Å². The van der Waals surface area contributed by atoms with Crippen LogP contribution in [-0.4, -0.2) is 120 Å². The second-order valence-electron chi connectivity index (χ2n) is 20.3. The average Bonchev–Trinajstić information content (AvgIpc) is 3.28. The number of rotatable bonds is 6. The van der Waals surface area contributed by atoms with Crippen molar-refractivity contribution in [3.8, 4) is 0 Å². The van der Waals surface area contributed by atoms with Crippen LogP contribution in [0.15, 0.2) is 47.6 Å². The van der Waals surface area contributed by atoms with Crippen LogP contribution in [0.2, 0.25) is 0 Å². The number of nitrogens with two attached hydrogens (primary N) is 1. The Morgan fingerprint density at radius 1 is 0.877 bits per heavy atom. The third kappa shape index (κ3) is 14.3. The molecule has 2 heterocycles. The van der Waals surface area contributed by atoms with E-state index in [0.717, 1.165) is 18.4 Å². The van der Waals surface area contributed by atoms with Crippen molar-refractivity contribution in [3.05, 3.63) is 47.6 Å². The third-order valence-electron chi connectivity index (χ3n) is 15.2. The Bertz CT molecular complexity index is 1760. The minimum Gasteiger partial charge on any atom is -0.460 e. The van der Waals surface area contributed by atoms with Crippen LogP contribution in [0.5, 0.6) is 0 Å². The van der Waals surface area contributed by atoms with Gasteiger partial charge in [0.05, 0.1) is 30.0 Å². The molecule has 13 heteroatoms. The highest BCUT2D eigenvalue weighted by atomic mass is 16.5.